The molecule has 3 rings (SSSR count). The minimum atomic E-state index is -2.95. The van der Waals surface area contributed by atoms with Crippen molar-refractivity contribution in [2.75, 3.05) is 5.32 Å². The molecule has 146 valence electrons. The van der Waals surface area contributed by atoms with Crippen molar-refractivity contribution in [1.29, 1.82) is 0 Å². The zero-order chi connectivity index (χ0) is 20.3. The predicted molar refractivity (Wildman–Crippen MR) is 90.3 cm³/mol. The lowest BCUT2D eigenvalue weighted by Gasteiger charge is -2.07. The van der Waals surface area contributed by atoms with Gasteiger partial charge >= 0.3 is 12.4 Å². The molecule has 3 aromatic rings. The van der Waals surface area contributed by atoms with Crippen LogP contribution in [0, 0.1) is 17.0 Å². The summed E-state index contributed by atoms with van der Waals surface area (Å²) in [6.07, 6.45) is 1.40. The molecule has 0 spiro atoms. The second-order valence-electron chi connectivity index (χ2n) is 5.55. The molecule has 0 unspecified atom stereocenters. The van der Waals surface area contributed by atoms with Crippen LogP contribution in [0.2, 0.25) is 0 Å². The van der Waals surface area contributed by atoms with Crippen molar-refractivity contribution in [2.24, 2.45) is 0 Å². The summed E-state index contributed by atoms with van der Waals surface area (Å²) in [6, 6.07) is 6.56. The molecule has 0 radical (unpaired) electrons. The monoisotopic (exact) mass is 393 g/mol. The SMILES string of the molecule is Cc1onc(C(=O)Nc2ccc(OC(F)F)cc2)c1Cn1ccc([N+](=O)[O-])n1. The van der Waals surface area contributed by atoms with E-state index in [-0.39, 0.29) is 23.8 Å². The van der Waals surface area contributed by atoms with Crippen LogP contribution in [0.4, 0.5) is 20.3 Å². The molecule has 0 fully saturated rings. The van der Waals surface area contributed by atoms with Gasteiger partial charge in [0.25, 0.3) is 5.91 Å². The number of alkyl halides is 2. The quantitative estimate of drug-likeness (QED) is 0.483. The molecule has 0 bridgehead atoms. The van der Waals surface area contributed by atoms with Crippen molar-refractivity contribution in [3.05, 3.63) is 63.7 Å². The van der Waals surface area contributed by atoms with Crippen molar-refractivity contribution in [1.82, 2.24) is 14.9 Å². The van der Waals surface area contributed by atoms with Crippen molar-refractivity contribution in [3.63, 3.8) is 0 Å². The van der Waals surface area contributed by atoms with Gasteiger partial charge in [0.15, 0.2) is 5.69 Å². The van der Waals surface area contributed by atoms with Gasteiger partial charge in [-0.2, -0.15) is 13.5 Å². The maximum atomic E-state index is 12.5. The zero-order valence-corrected chi connectivity index (χ0v) is 14.3. The fourth-order valence-electron chi connectivity index (χ4n) is 2.36. The van der Waals surface area contributed by atoms with Crippen LogP contribution in [0.3, 0.4) is 0 Å². The molecule has 2 aromatic heterocycles. The minimum absolute atomic E-state index is 0.0245. The highest BCUT2D eigenvalue weighted by molar-refractivity contribution is 6.03. The van der Waals surface area contributed by atoms with Crippen LogP contribution in [0.15, 0.2) is 41.1 Å². The van der Waals surface area contributed by atoms with E-state index in [2.05, 4.69) is 20.3 Å². The molecule has 0 saturated heterocycles. The number of rotatable bonds is 7. The maximum Gasteiger partial charge on any atom is 0.389 e. The number of aromatic nitrogens is 3. The Hall–Kier alpha value is -3.83. The summed E-state index contributed by atoms with van der Waals surface area (Å²) in [6.45, 7) is -1.32. The topological polar surface area (TPSA) is 125 Å². The number of halogens is 2. The largest absolute Gasteiger partial charge is 0.435 e. The fraction of sp³-hybridized carbons (Fsp3) is 0.188. The molecule has 10 nitrogen and oxygen atoms in total. The molecular weight excluding hydrogens is 380 g/mol. The predicted octanol–water partition coefficient (Wildman–Crippen LogP) is 2.99. The molecule has 0 aliphatic heterocycles. The average Bonchev–Trinajstić information content (AvgIpc) is 3.24. The summed E-state index contributed by atoms with van der Waals surface area (Å²) in [5, 5.41) is 20.8. The Morgan fingerprint density at radius 1 is 1.36 bits per heavy atom. The van der Waals surface area contributed by atoms with E-state index in [0.717, 1.165) is 0 Å². The molecule has 28 heavy (non-hydrogen) atoms. The van der Waals surface area contributed by atoms with Gasteiger partial charge in [-0.15, -0.1) is 0 Å². The van der Waals surface area contributed by atoms with Gasteiger partial charge < -0.3 is 24.7 Å². The summed E-state index contributed by atoms with van der Waals surface area (Å²) in [4.78, 5) is 22.6. The van der Waals surface area contributed by atoms with Gasteiger partial charge in [0, 0.05) is 5.69 Å². The Bertz CT molecular complexity index is 999. The van der Waals surface area contributed by atoms with E-state index < -0.39 is 17.4 Å². The number of aryl methyl sites for hydroxylation is 1. The Labute approximate surface area is 155 Å². The number of carbonyl (C=O) groups excluding carboxylic acids is 1. The van der Waals surface area contributed by atoms with E-state index in [1.807, 2.05) is 0 Å². The number of hydrogen-bond donors (Lipinski definition) is 1. The number of amides is 1. The van der Waals surface area contributed by atoms with Gasteiger partial charge in [-0.1, -0.05) is 5.16 Å². The van der Waals surface area contributed by atoms with Crippen molar-refractivity contribution < 1.29 is 27.8 Å². The van der Waals surface area contributed by atoms with Gasteiger partial charge in [0.2, 0.25) is 0 Å². The molecule has 1 amide bonds. The molecule has 0 aliphatic carbocycles. The van der Waals surface area contributed by atoms with E-state index in [1.165, 1.54) is 41.2 Å². The first-order valence-corrected chi connectivity index (χ1v) is 7.82. The lowest BCUT2D eigenvalue weighted by atomic mass is 10.2. The number of nitro groups is 1. The van der Waals surface area contributed by atoms with Crippen LogP contribution in [-0.2, 0) is 6.54 Å². The van der Waals surface area contributed by atoms with Gasteiger partial charge in [0.05, 0.1) is 29.5 Å². The Morgan fingerprint density at radius 3 is 2.68 bits per heavy atom. The van der Waals surface area contributed by atoms with E-state index in [1.54, 1.807) is 6.92 Å². The minimum Gasteiger partial charge on any atom is -0.435 e. The number of hydrogen-bond acceptors (Lipinski definition) is 7. The Balaban J connectivity index is 1.74. The third-order valence-corrected chi connectivity index (χ3v) is 3.67. The lowest BCUT2D eigenvalue weighted by molar-refractivity contribution is -0.389. The van der Waals surface area contributed by atoms with Crippen molar-refractivity contribution in [3.8, 4) is 5.75 Å². The van der Waals surface area contributed by atoms with Gasteiger partial charge in [0.1, 0.15) is 11.5 Å². The highest BCUT2D eigenvalue weighted by Gasteiger charge is 2.22. The molecule has 0 saturated carbocycles. The standard InChI is InChI=1S/C16H13F2N5O5/c1-9-12(8-22-7-6-13(20-22)23(25)26)14(21-28-9)15(24)19-10-2-4-11(5-3-10)27-16(17)18/h2-7,16H,8H2,1H3,(H,19,24). The highest BCUT2D eigenvalue weighted by atomic mass is 19.3. The first kappa shape index (κ1) is 18.9. The zero-order valence-electron chi connectivity index (χ0n) is 14.3. The molecule has 1 aromatic carbocycles. The summed E-state index contributed by atoms with van der Waals surface area (Å²) in [7, 11) is 0. The van der Waals surface area contributed by atoms with E-state index in [0.29, 0.717) is 17.0 Å². The Morgan fingerprint density at radius 2 is 2.07 bits per heavy atom. The van der Waals surface area contributed by atoms with Crippen LogP contribution in [0.25, 0.3) is 0 Å². The van der Waals surface area contributed by atoms with Gasteiger partial charge in [-0.25, -0.2) is 0 Å². The van der Waals surface area contributed by atoms with Crippen LogP contribution in [-0.4, -0.2) is 32.4 Å². The summed E-state index contributed by atoms with van der Waals surface area (Å²) in [5.41, 5.74) is 0.699. The van der Waals surface area contributed by atoms with Crippen LogP contribution in [0.5, 0.6) is 5.75 Å². The molecule has 1 N–H and O–H groups in total. The molecule has 12 heteroatoms. The smallest absolute Gasteiger partial charge is 0.389 e. The summed E-state index contributed by atoms with van der Waals surface area (Å²) in [5.74, 6) is -0.627. The van der Waals surface area contributed by atoms with Crippen LogP contribution in [0.1, 0.15) is 21.8 Å². The fourth-order valence-corrected chi connectivity index (χ4v) is 2.36. The second-order valence-corrected chi connectivity index (χ2v) is 5.55. The maximum absolute atomic E-state index is 12.5. The number of nitrogens with zero attached hydrogens (tertiary/aromatic N) is 4. The van der Waals surface area contributed by atoms with E-state index in [4.69, 9.17) is 4.52 Å². The molecule has 0 aliphatic rings. The molecular formula is C16H13F2N5O5. The van der Waals surface area contributed by atoms with E-state index in [9.17, 15) is 23.7 Å². The van der Waals surface area contributed by atoms with Gasteiger partial charge in [-0.05, 0) is 36.1 Å². The molecule has 0 atom stereocenters. The first-order valence-electron chi connectivity index (χ1n) is 7.82. The summed E-state index contributed by atoms with van der Waals surface area (Å²) < 4.78 is 34.9. The second kappa shape index (κ2) is 7.82. The third kappa shape index (κ3) is 4.28. The summed E-state index contributed by atoms with van der Waals surface area (Å²) >= 11 is 0. The lowest BCUT2D eigenvalue weighted by Crippen LogP contribution is -2.16. The molecule has 2 heterocycles. The first-order chi connectivity index (χ1) is 13.3. The third-order valence-electron chi connectivity index (χ3n) is 3.67. The highest BCUT2D eigenvalue weighted by Crippen LogP contribution is 2.20. The van der Waals surface area contributed by atoms with Crippen molar-refractivity contribution in [2.45, 2.75) is 20.1 Å². The van der Waals surface area contributed by atoms with E-state index >= 15 is 0 Å². The van der Waals surface area contributed by atoms with Crippen molar-refractivity contribution >= 4 is 17.4 Å². The number of benzene rings is 1. The number of carbonyl (C=O) groups is 1. The number of nitrogens with one attached hydrogen (secondary N) is 1. The Kier molecular flexibility index (Phi) is 5.29. The number of ether oxygens (including phenoxy) is 1. The normalized spacial score (nSPS) is 10.9. The number of anilines is 1. The van der Waals surface area contributed by atoms with Crippen LogP contribution < -0.4 is 10.1 Å². The van der Waals surface area contributed by atoms with Gasteiger partial charge in [-0.3, -0.25) is 4.79 Å². The van der Waals surface area contributed by atoms with Crippen LogP contribution >= 0.6 is 0 Å². The average molecular weight is 393 g/mol.